The van der Waals surface area contributed by atoms with Crippen molar-refractivity contribution < 1.29 is 8.94 Å². The molecule has 0 saturated heterocycles. The molecule has 0 bridgehead atoms. The minimum atomic E-state index is 0.366. The third-order valence-electron chi connectivity index (χ3n) is 2.48. The summed E-state index contributed by atoms with van der Waals surface area (Å²) in [6, 6.07) is 11.1. The van der Waals surface area contributed by atoms with Gasteiger partial charge in [0.1, 0.15) is 5.76 Å². The Morgan fingerprint density at radius 3 is 2.56 bits per heavy atom. The molecule has 0 fully saturated rings. The summed E-state index contributed by atoms with van der Waals surface area (Å²) in [4.78, 5) is 4.11. The number of hydrogen-bond donors (Lipinski definition) is 0. The third-order valence-corrected chi connectivity index (χ3v) is 2.81. The number of nitrogens with zero attached hydrogens (tertiary/aromatic N) is 2. The van der Waals surface area contributed by atoms with Crippen molar-refractivity contribution in [2.45, 2.75) is 6.92 Å². The molecule has 5 heteroatoms. The molecule has 3 rings (SSSR count). The summed E-state index contributed by atoms with van der Waals surface area (Å²) < 4.78 is 10.7. The normalized spacial score (nSPS) is 10.8. The Balaban J connectivity index is 2.02. The Kier molecular flexibility index (Phi) is 2.64. The van der Waals surface area contributed by atoms with Crippen molar-refractivity contribution in [1.82, 2.24) is 10.1 Å². The summed E-state index contributed by atoms with van der Waals surface area (Å²) in [5, 5.41) is 4.36. The predicted molar refractivity (Wildman–Crippen MR) is 67.2 cm³/mol. The van der Waals surface area contributed by atoms with Crippen LogP contribution in [0, 0.1) is 6.92 Å². The lowest BCUT2D eigenvalue weighted by molar-refractivity contribution is 0.412. The molecule has 0 amide bonds. The van der Waals surface area contributed by atoms with Crippen molar-refractivity contribution >= 4 is 11.6 Å². The number of aryl methyl sites for hydroxylation is 1. The molecule has 4 nitrogen and oxygen atoms in total. The minimum absolute atomic E-state index is 0.366. The minimum Gasteiger partial charge on any atom is -0.451 e. The fraction of sp³-hybridized carbons (Fsp3) is 0.0769. The lowest BCUT2D eigenvalue weighted by atomic mass is 10.2. The molecule has 0 radical (unpaired) electrons. The summed E-state index contributed by atoms with van der Waals surface area (Å²) in [5.41, 5.74) is 0.835. The molecule has 3 aromatic rings. The van der Waals surface area contributed by atoms with Crippen LogP contribution >= 0.6 is 11.6 Å². The maximum Gasteiger partial charge on any atom is 0.293 e. The molecule has 2 heterocycles. The average Bonchev–Trinajstić information content (AvgIpc) is 2.98. The summed E-state index contributed by atoms with van der Waals surface area (Å²) in [5.74, 6) is 2.14. The van der Waals surface area contributed by atoms with E-state index < -0.39 is 0 Å². The zero-order valence-corrected chi connectivity index (χ0v) is 10.3. The second kappa shape index (κ2) is 4.31. The Hall–Kier alpha value is -2.07. The summed E-state index contributed by atoms with van der Waals surface area (Å²) in [6.07, 6.45) is 0. The molecule has 18 heavy (non-hydrogen) atoms. The van der Waals surface area contributed by atoms with Gasteiger partial charge in [-0.05, 0) is 31.2 Å². The van der Waals surface area contributed by atoms with E-state index in [9.17, 15) is 0 Å². The number of rotatable bonds is 2. The molecule has 0 aliphatic heterocycles. The average molecular weight is 261 g/mol. The topological polar surface area (TPSA) is 52.1 Å². The van der Waals surface area contributed by atoms with Gasteiger partial charge in [-0.25, -0.2) is 0 Å². The Labute approximate surface area is 108 Å². The van der Waals surface area contributed by atoms with Gasteiger partial charge in [0.2, 0.25) is 0 Å². The Bertz CT molecular complexity index is 688. The van der Waals surface area contributed by atoms with E-state index in [1.807, 2.05) is 30.3 Å². The van der Waals surface area contributed by atoms with Crippen LogP contribution in [0.4, 0.5) is 0 Å². The zero-order valence-electron chi connectivity index (χ0n) is 9.55. The van der Waals surface area contributed by atoms with Gasteiger partial charge in [-0.1, -0.05) is 28.9 Å². The van der Waals surface area contributed by atoms with Crippen molar-refractivity contribution in [2.75, 3.05) is 0 Å². The van der Waals surface area contributed by atoms with Gasteiger partial charge in [0.25, 0.3) is 5.89 Å². The van der Waals surface area contributed by atoms with Crippen LogP contribution in [-0.4, -0.2) is 10.1 Å². The van der Waals surface area contributed by atoms with Gasteiger partial charge in [-0.3, -0.25) is 0 Å². The van der Waals surface area contributed by atoms with Crippen molar-refractivity contribution in [1.29, 1.82) is 0 Å². The van der Waals surface area contributed by atoms with Gasteiger partial charge in [0.15, 0.2) is 11.6 Å². The van der Waals surface area contributed by atoms with Crippen LogP contribution in [0.5, 0.6) is 0 Å². The first-order valence-electron chi connectivity index (χ1n) is 5.39. The molecular formula is C13H9ClN2O2. The van der Waals surface area contributed by atoms with Gasteiger partial charge in [0, 0.05) is 5.56 Å². The molecule has 0 N–H and O–H groups in total. The number of benzene rings is 1. The van der Waals surface area contributed by atoms with Crippen LogP contribution in [0.1, 0.15) is 5.82 Å². The van der Waals surface area contributed by atoms with Crippen LogP contribution in [0.2, 0.25) is 5.02 Å². The van der Waals surface area contributed by atoms with Gasteiger partial charge < -0.3 is 8.94 Å². The van der Waals surface area contributed by atoms with E-state index in [1.54, 1.807) is 13.0 Å². The highest BCUT2D eigenvalue weighted by atomic mass is 35.5. The van der Waals surface area contributed by atoms with Crippen LogP contribution in [0.15, 0.2) is 45.3 Å². The van der Waals surface area contributed by atoms with Gasteiger partial charge in [0.05, 0.1) is 5.02 Å². The lowest BCUT2D eigenvalue weighted by Crippen LogP contribution is -1.75. The first-order chi connectivity index (χ1) is 8.74. The molecule has 1 aromatic carbocycles. The maximum absolute atomic E-state index is 6.11. The second-order valence-electron chi connectivity index (χ2n) is 3.79. The zero-order chi connectivity index (χ0) is 12.5. The number of halogens is 1. The van der Waals surface area contributed by atoms with E-state index in [-0.39, 0.29) is 0 Å². The van der Waals surface area contributed by atoms with Crippen LogP contribution in [-0.2, 0) is 0 Å². The van der Waals surface area contributed by atoms with Crippen molar-refractivity contribution in [2.24, 2.45) is 0 Å². The van der Waals surface area contributed by atoms with E-state index in [0.29, 0.717) is 28.3 Å². The highest BCUT2D eigenvalue weighted by Gasteiger charge is 2.13. The number of furan rings is 1. The first kappa shape index (κ1) is 11.0. The third kappa shape index (κ3) is 1.91. The fourth-order valence-electron chi connectivity index (χ4n) is 1.66. The van der Waals surface area contributed by atoms with E-state index >= 15 is 0 Å². The van der Waals surface area contributed by atoms with Crippen LogP contribution in [0.25, 0.3) is 23.0 Å². The molecule has 0 saturated carbocycles. The molecule has 90 valence electrons. The van der Waals surface area contributed by atoms with Crippen molar-refractivity contribution in [3.63, 3.8) is 0 Å². The van der Waals surface area contributed by atoms with E-state index in [4.69, 9.17) is 20.5 Å². The SMILES string of the molecule is Cc1noc(-c2ccc(-c3ccccc3Cl)o2)n1. The quantitative estimate of drug-likeness (QED) is 0.700. The molecule has 0 aliphatic rings. The molecular weight excluding hydrogens is 252 g/mol. The van der Waals surface area contributed by atoms with Crippen LogP contribution in [0.3, 0.4) is 0 Å². The highest BCUT2D eigenvalue weighted by Crippen LogP contribution is 2.31. The van der Waals surface area contributed by atoms with Crippen molar-refractivity contribution in [3.05, 3.63) is 47.2 Å². The highest BCUT2D eigenvalue weighted by molar-refractivity contribution is 6.33. The number of aromatic nitrogens is 2. The Morgan fingerprint density at radius 1 is 1.06 bits per heavy atom. The summed E-state index contributed by atoms with van der Waals surface area (Å²) >= 11 is 6.11. The largest absolute Gasteiger partial charge is 0.451 e. The van der Waals surface area contributed by atoms with Gasteiger partial charge in [-0.2, -0.15) is 4.98 Å². The fourth-order valence-corrected chi connectivity index (χ4v) is 1.88. The molecule has 0 unspecified atom stereocenters. The van der Waals surface area contributed by atoms with Crippen molar-refractivity contribution in [3.8, 4) is 23.0 Å². The standard InChI is InChI=1S/C13H9ClN2O2/c1-8-15-13(18-16-8)12-7-6-11(17-12)9-4-2-3-5-10(9)14/h2-7H,1H3. The number of hydrogen-bond acceptors (Lipinski definition) is 4. The van der Waals surface area contributed by atoms with Gasteiger partial charge >= 0.3 is 0 Å². The van der Waals surface area contributed by atoms with E-state index in [2.05, 4.69) is 10.1 Å². The predicted octanol–water partition coefficient (Wildman–Crippen LogP) is 3.96. The monoisotopic (exact) mass is 260 g/mol. The molecule has 2 aromatic heterocycles. The van der Waals surface area contributed by atoms with Crippen LogP contribution < -0.4 is 0 Å². The second-order valence-corrected chi connectivity index (χ2v) is 4.20. The van der Waals surface area contributed by atoms with Gasteiger partial charge in [-0.15, -0.1) is 0 Å². The molecule has 0 aliphatic carbocycles. The molecule has 0 atom stereocenters. The molecule has 0 spiro atoms. The lowest BCUT2D eigenvalue weighted by Gasteiger charge is -1.98. The van der Waals surface area contributed by atoms with E-state index in [1.165, 1.54) is 0 Å². The first-order valence-corrected chi connectivity index (χ1v) is 5.77. The smallest absolute Gasteiger partial charge is 0.293 e. The summed E-state index contributed by atoms with van der Waals surface area (Å²) in [6.45, 7) is 1.75. The summed E-state index contributed by atoms with van der Waals surface area (Å²) in [7, 11) is 0. The Morgan fingerprint density at radius 2 is 1.83 bits per heavy atom. The maximum atomic E-state index is 6.11. The van der Waals surface area contributed by atoms with E-state index in [0.717, 1.165) is 5.56 Å².